The molecule has 176 valence electrons. The Labute approximate surface area is 195 Å². The molecule has 2 aromatic rings. The van der Waals surface area contributed by atoms with Gasteiger partial charge in [-0.25, -0.2) is 0 Å². The highest BCUT2D eigenvalue weighted by Gasteiger charge is 2.30. The van der Waals surface area contributed by atoms with Crippen molar-refractivity contribution in [2.75, 3.05) is 46.5 Å². The Morgan fingerprint density at radius 2 is 1.73 bits per heavy atom. The molecule has 2 saturated heterocycles. The highest BCUT2D eigenvalue weighted by Crippen LogP contribution is 2.18. The standard InChI is InChI=1S/C26H32N2O5/c1-31-22-11-9-21(10-12-22)26(30)27-13-15-33-24(18-27)19-28(17-23-8-5-14-32-23)25(29)16-20-6-3-2-4-7-20/h2-4,6-7,9-12,23-24H,5,8,13-19H2,1H3. The van der Waals surface area contributed by atoms with Crippen molar-refractivity contribution in [1.82, 2.24) is 9.80 Å². The van der Waals surface area contributed by atoms with E-state index in [0.29, 0.717) is 50.5 Å². The minimum Gasteiger partial charge on any atom is -0.497 e. The molecule has 2 fully saturated rings. The van der Waals surface area contributed by atoms with Crippen LogP contribution in [0.25, 0.3) is 0 Å². The van der Waals surface area contributed by atoms with Gasteiger partial charge in [0, 0.05) is 38.3 Å². The lowest BCUT2D eigenvalue weighted by atomic mass is 10.1. The number of morpholine rings is 1. The second-order valence-corrected chi connectivity index (χ2v) is 8.57. The quantitative estimate of drug-likeness (QED) is 0.616. The van der Waals surface area contributed by atoms with Crippen molar-refractivity contribution in [3.05, 3.63) is 65.7 Å². The molecule has 2 heterocycles. The van der Waals surface area contributed by atoms with Crippen LogP contribution >= 0.6 is 0 Å². The SMILES string of the molecule is COc1ccc(C(=O)N2CCOC(CN(CC3CCCO3)C(=O)Cc3ccccc3)C2)cc1. The van der Waals surface area contributed by atoms with E-state index in [0.717, 1.165) is 25.0 Å². The summed E-state index contributed by atoms with van der Waals surface area (Å²) < 4.78 is 17.0. The number of benzene rings is 2. The second kappa shape index (κ2) is 11.3. The number of carbonyl (C=O) groups excluding carboxylic acids is 2. The molecular formula is C26H32N2O5. The summed E-state index contributed by atoms with van der Waals surface area (Å²) in [6.45, 7) is 3.18. The first kappa shape index (κ1) is 23.3. The van der Waals surface area contributed by atoms with E-state index in [9.17, 15) is 9.59 Å². The van der Waals surface area contributed by atoms with Crippen LogP contribution in [0.5, 0.6) is 5.75 Å². The third-order valence-electron chi connectivity index (χ3n) is 6.19. The van der Waals surface area contributed by atoms with Crippen molar-refractivity contribution < 1.29 is 23.8 Å². The number of rotatable bonds is 8. The van der Waals surface area contributed by atoms with Crippen LogP contribution in [-0.2, 0) is 20.7 Å². The van der Waals surface area contributed by atoms with E-state index in [2.05, 4.69) is 0 Å². The van der Waals surface area contributed by atoms with E-state index in [1.165, 1.54) is 0 Å². The molecule has 7 nitrogen and oxygen atoms in total. The van der Waals surface area contributed by atoms with E-state index >= 15 is 0 Å². The average Bonchev–Trinajstić information content (AvgIpc) is 3.37. The Morgan fingerprint density at radius 1 is 1.00 bits per heavy atom. The van der Waals surface area contributed by atoms with Gasteiger partial charge in [0.2, 0.25) is 5.91 Å². The number of hydrogen-bond acceptors (Lipinski definition) is 5. The summed E-state index contributed by atoms with van der Waals surface area (Å²) in [7, 11) is 1.60. The van der Waals surface area contributed by atoms with Crippen LogP contribution < -0.4 is 4.74 Å². The molecule has 2 amide bonds. The largest absolute Gasteiger partial charge is 0.497 e. The molecule has 0 N–H and O–H groups in total. The molecule has 4 rings (SSSR count). The van der Waals surface area contributed by atoms with Gasteiger partial charge in [0.1, 0.15) is 5.75 Å². The normalized spacial score (nSPS) is 20.5. The monoisotopic (exact) mass is 452 g/mol. The lowest BCUT2D eigenvalue weighted by molar-refractivity contribution is -0.135. The number of ether oxygens (including phenoxy) is 3. The van der Waals surface area contributed by atoms with E-state index < -0.39 is 0 Å². The van der Waals surface area contributed by atoms with Gasteiger partial charge < -0.3 is 24.0 Å². The zero-order chi connectivity index (χ0) is 23.0. The predicted octanol–water partition coefficient (Wildman–Crippen LogP) is 2.79. The Bertz CT molecular complexity index is 912. The van der Waals surface area contributed by atoms with Gasteiger partial charge in [0.25, 0.3) is 5.91 Å². The van der Waals surface area contributed by atoms with Crippen LogP contribution in [0.2, 0.25) is 0 Å². The summed E-state index contributed by atoms with van der Waals surface area (Å²) in [5, 5.41) is 0. The molecule has 2 aliphatic rings. The fourth-order valence-electron chi connectivity index (χ4n) is 4.37. The maximum absolute atomic E-state index is 13.2. The second-order valence-electron chi connectivity index (χ2n) is 8.57. The number of hydrogen-bond donors (Lipinski definition) is 0. The van der Waals surface area contributed by atoms with Gasteiger partial charge in [-0.15, -0.1) is 0 Å². The first-order chi connectivity index (χ1) is 16.1. The van der Waals surface area contributed by atoms with Crippen LogP contribution in [0.15, 0.2) is 54.6 Å². The Kier molecular flexibility index (Phi) is 7.96. The molecule has 0 aromatic heterocycles. The fourth-order valence-corrected chi connectivity index (χ4v) is 4.37. The van der Waals surface area contributed by atoms with Crippen molar-refractivity contribution in [2.24, 2.45) is 0 Å². The number of methoxy groups -OCH3 is 1. The maximum atomic E-state index is 13.2. The lowest BCUT2D eigenvalue weighted by Crippen LogP contribution is -2.51. The molecule has 0 saturated carbocycles. The molecule has 2 atom stereocenters. The van der Waals surface area contributed by atoms with E-state index in [1.54, 1.807) is 31.4 Å². The summed E-state index contributed by atoms with van der Waals surface area (Å²) in [6.07, 6.45) is 2.15. The van der Waals surface area contributed by atoms with Crippen molar-refractivity contribution in [2.45, 2.75) is 31.5 Å². The van der Waals surface area contributed by atoms with Crippen LogP contribution in [0.4, 0.5) is 0 Å². The first-order valence-electron chi connectivity index (χ1n) is 11.6. The molecule has 7 heteroatoms. The molecule has 2 unspecified atom stereocenters. The molecule has 2 aromatic carbocycles. The number of carbonyl (C=O) groups is 2. The molecule has 0 bridgehead atoms. The summed E-state index contributed by atoms with van der Waals surface area (Å²) in [4.78, 5) is 29.9. The first-order valence-corrected chi connectivity index (χ1v) is 11.6. The van der Waals surface area contributed by atoms with Gasteiger partial charge in [0.05, 0.1) is 32.3 Å². The molecule has 2 aliphatic heterocycles. The highest BCUT2D eigenvalue weighted by molar-refractivity contribution is 5.94. The van der Waals surface area contributed by atoms with Gasteiger partial charge in [0.15, 0.2) is 0 Å². The smallest absolute Gasteiger partial charge is 0.254 e. The molecule has 0 spiro atoms. The van der Waals surface area contributed by atoms with E-state index in [4.69, 9.17) is 14.2 Å². The molecule has 33 heavy (non-hydrogen) atoms. The Balaban J connectivity index is 1.40. The molecule has 0 radical (unpaired) electrons. The van der Waals surface area contributed by atoms with Crippen LogP contribution in [0.3, 0.4) is 0 Å². The Hall–Kier alpha value is -2.90. The topological polar surface area (TPSA) is 68.3 Å². The van der Waals surface area contributed by atoms with Crippen molar-refractivity contribution >= 4 is 11.8 Å². The van der Waals surface area contributed by atoms with E-state index in [1.807, 2.05) is 40.1 Å². The Morgan fingerprint density at radius 3 is 2.42 bits per heavy atom. The van der Waals surface area contributed by atoms with Crippen molar-refractivity contribution in [3.8, 4) is 5.75 Å². The number of amides is 2. The van der Waals surface area contributed by atoms with Crippen LogP contribution in [-0.4, -0.2) is 80.3 Å². The third-order valence-corrected chi connectivity index (χ3v) is 6.19. The summed E-state index contributed by atoms with van der Waals surface area (Å²) in [5.41, 5.74) is 1.61. The van der Waals surface area contributed by atoms with E-state index in [-0.39, 0.29) is 24.0 Å². The summed E-state index contributed by atoms with van der Waals surface area (Å²) >= 11 is 0. The van der Waals surface area contributed by atoms with Gasteiger partial charge in [-0.2, -0.15) is 0 Å². The fraction of sp³-hybridized carbons (Fsp3) is 0.462. The minimum atomic E-state index is -0.234. The average molecular weight is 453 g/mol. The van der Waals surface area contributed by atoms with Gasteiger partial charge in [-0.05, 0) is 42.7 Å². The van der Waals surface area contributed by atoms with Crippen molar-refractivity contribution in [3.63, 3.8) is 0 Å². The third kappa shape index (κ3) is 6.33. The summed E-state index contributed by atoms with van der Waals surface area (Å²) in [5.74, 6) is 0.735. The summed E-state index contributed by atoms with van der Waals surface area (Å²) in [6, 6.07) is 16.9. The molecule has 0 aliphatic carbocycles. The zero-order valence-electron chi connectivity index (χ0n) is 19.2. The number of nitrogens with zero attached hydrogens (tertiary/aromatic N) is 2. The zero-order valence-corrected chi connectivity index (χ0v) is 19.2. The maximum Gasteiger partial charge on any atom is 0.254 e. The van der Waals surface area contributed by atoms with Crippen LogP contribution in [0, 0.1) is 0 Å². The van der Waals surface area contributed by atoms with Gasteiger partial charge >= 0.3 is 0 Å². The predicted molar refractivity (Wildman–Crippen MR) is 124 cm³/mol. The lowest BCUT2D eigenvalue weighted by Gasteiger charge is -2.36. The molecular weight excluding hydrogens is 420 g/mol. The van der Waals surface area contributed by atoms with Crippen molar-refractivity contribution in [1.29, 1.82) is 0 Å². The minimum absolute atomic E-state index is 0.0350. The van der Waals surface area contributed by atoms with Gasteiger partial charge in [-0.3, -0.25) is 9.59 Å². The van der Waals surface area contributed by atoms with Gasteiger partial charge in [-0.1, -0.05) is 30.3 Å². The van der Waals surface area contributed by atoms with Crippen LogP contribution in [0.1, 0.15) is 28.8 Å². The highest BCUT2D eigenvalue weighted by atomic mass is 16.5.